The highest BCUT2D eigenvalue weighted by Gasteiger charge is 2.22. The molecular weight excluding hydrogens is 308 g/mol. The number of hydrogen-bond donors (Lipinski definition) is 2. The summed E-state index contributed by atoms with van der Waals surface area (Å²) in [5.74, 6) is -0.116. The number of carbonyl (C=O) groups excluding carboxylic acids is 1. The molecule has 0 saturated heterocycles. The molecule has 0 aliphatic heterocycles. The first-order valence-corrected chi connectivity index (χ1v) is 9.46. The van der Waals surface area contributed by atoms with E-state index in [2.05, 4.69) is 16.1 Å². The largest absolute Gasteiger partial charge is 0.348 e. The third-order valence-corrected chi connectivity index (χ3v) is 5.56. The summed E-state index contributed by atoms with van der Waals surface area (Å²) in [6.07, 6.45) is 0. The Morgan fingerprint density at radius 1 is 1.33 bits per heavy atom. The number of amides is 1. The molecule has 1 atom stereocenters. The van der Waals surface area contributed by atoms with Gasteiger partial charge in [0, 0.05) is 9.75 Å². The topological polar surface area (TPSA) is 75.3 Å². The molecule has 0 spiro atoms. The number of rotatable bonds is 7. The van der Waals surface area contributed by atoms with Gasteiger partial charge in [-0.1, -0.05) is 13.8 Å². The van der Waals surface area contributed by atoms with Crippen LogP contribution >= 0.6 is 11.3 Å². The van der Waals surface area contributed by atoms with Gasteiger partial charge in [-0.3, -0.25) is 4.79 Å². The van der Waals surface area contributed by atoms with Gasteiger partial charge in [0.15, 0.2) is 0 Å². The van der Waals surface area contributed by atoms with Crippen molar-refractivity contribution in [2.75, 3.05) is 12.3 Å². The highest BCUT2D eigenvalue weighted by molar-refractivity contribution is 7.89. The van der Waals surface area contributed by atoms with Crippen LogP contribution < -0.4 is 10.0 Å². The summed E-state index contributed by atoms with van der Waals surface area (Å²) in [6, 6.07) is 1.98. The highest BCUT2D eigenvalue weighted by atomic mass is 32.2. The molecule has 0 fully saturated rings. The van der Waals surface area contributed by atoms with Gasteiger partial charge in [0.1, 0.15) is 0 Å². The van der Waals surface area contributed by atoms with Crippen LogP contribution in [-0.2, 0) is 14.8 Å². The summed E-state index contributed by atoms with van der Waals surface area (Å²) >= 11 is 1.70. The Morgan fingerprint density at radius 2 is 1.95 bits per heavy atom. The average Bonchev–Trinajstić information content (AvgIpc) is 2.72. The lowest BCUT2D eigenvalue weighted by molar-refractivity contribution is -0.121. The van der Waals surface area contributed by atoms with Gasteiger partial charge in [0.25, 0.3) is 0 Å². The van der Waals surface area contributed by atoms with Gasteiger partial charge in [0.2, 0.25) is 15.9 Å². The Hall–Kier alpha value is -0.920. The summed E-state index contributed by atoms with van der Waals surface area (Å²) in [7, 11) is -3.35. The third kappa shape index (κ3) is 5.41. The molecule has 21 heavy (non-hydrogen) atoms. The molecule has 120 valence electrons. The van der Waals surface area contributed by atoms with E-state index in [4.69, 9.17) is 0 Å². The zero-order valence-electron chi connectivity index (χ0n) is 13.2. The third-order valence-electron chi connectivity index (χ3n) is 3.23. The van der Waals surface area contributed by atoms with Crippen LogP contribution in [-0.4, -0.2) is 26.6 Å². The van der Waals surface area contributed by atoms with Gasteiger partial charge in [-0.25, -0.2) is 13.1 Å². The van der Waals surface area contributed by atoms with Crippen LogP contribution in [0.5, 0.6) is 0 Å². The van der Waals surface area contributed by atoms with Crippen LogP contribution in [0.2, 0.25) is 0 Å². The standard InChI is InChI=1S/C14H24N2O3S2/c1-6-21(18,19)15-8-13(17)16-14(9(2)3)12-7-10(4)20-11(12)5/h7,9,14-15H,6,8H2,1-5H3,(H,16,17)/t14-/m1/s1. The number of thiophene rings is 1. The predicted molar refractivity (Wildman–Crippen MR) is 87.0 cm³/mol. The Balaban J connectivity index is 2.76. The maximum absolute atomic E-state index is 12.0. The van der Waals surface area contributed by atoms with E-state index in [1.165, 1.54) is 16.7 Å². The van der Waals surface area contributed by atoms with Crippen molar-refractivity contribution in [2.45, 2.75) is 40.7 Å². The number of carbonyl (C=O) groups is 1. The molecule has 0 aliphatic carbocycles. The molecule has 1 rings (SSSR count). The molecule has 0 aliphatic rings. The highest BCUT2D eigenvalue weighted by Crippen LogP contribution is 2.30. The van der Waals surface area contributed by atoms with E-state index in [9.17, 15) is 13.2 Å². The second-order valence-electron chi connectivity index (χ2n) is 5.38. The molecule has 1 amide bonds. The normalized spacial score (nSPS) is 13.4. The smallest absolute Gasteiger partial charge is 0.235 e. The van der Waals surface area contributed by atoms with Crippen LogP contribution in [0.25, 0.3) is 0 Å². The predicted octanol–water partition coefficient (Wildman–Crippen LogP) is 2.12. The van der Waals surface area contributed by atoms with Crippen LogP contribution in [0.1, 0.15) is 42.1 Å². The first kappa shape index (κ1) is 18.1. The van der Waals surface area contributed by atoms with Crippen molar-refractivity contribution in [1.82, 2.24) is 10.0 Å². The first-order valence-electron chi connectivity index (χ1n) is 7.00. The minimum Gasteiger partial charge on any atom is -0.348 e. The summed E-state index contributed by atoms with van der Waals surface area (Å²) in [6.45, 7) is 9.46. The van der Waals surface area contributed by atoms with Crippen LogP contribution in [0, 0.1) is 19.8 Å². The summed E-state index contributed by atoms with van der Waals surface area (Å²) in [5, 5.41) is 2.92. The molecule has 1 aromatic rings. The minimum absolute atomic E-state index is 0.0310. The van der Waals surface area contributed by atoms with Crippen molar-refractivity contribution in [3.05, 3.63) is 21.4 Å². The molecule has 1 heterocycles. The number of hydrogen-bond acceptors (Lipinski definition) is 4. The summed E-state index contributed by atoms with van der Waals surface area (Å²) in [5.41, 5.74) is 1.11. The van der Waals surface area contributed by atoms with Crippen molar-refractivity contribution in [2.24, 2.45) is 5.92 Å². The molecular formula is C14H24N2O3S2. The Labute approximate surface area is 131 Å². The maximum Gasteiger partial charge on any atom is 0.235 e. The van der Waals surface area contributed by atoms with E-state index >= 15 is 0 Å². The first-order chi connectivity index (χ1) is 9.66. The van der Waals surface area contributed by atoms with Crippen LogP contribution in [0.4, 0.5) is 0 Å². The average molecular weight is 332 g/mol. The van der Waals surface area contributed by atoms with E-state index in [0.717, 1.165) is 5.56 Å². The number of nitrogens with one attached hydrogen (secondary N) is 2. The van der Waals surface area contributed by atoms with Crippen molar-refractivity contribution in [3.8, 4) is 0 Å². The molecule has 0 unspecified atom stereocenters. The minimum atomic E-state index is -3.35. The van der Waals surface area contributed by atoms with Gasteiger partial charge in [-0.2, -0.15) is 0 Å². The van der Waals surface area contributed by atoms with Gasteiger partial charge < -0.3 is 5.32 Å². The molecule has 7 heteroatoms. The fraction of sp³-hybridized carbons (Fsp3) is 0.643. The molecule has 0 bridgehead atoms. The Kier molecular flexibility index (Phi) is 6.37. The molecule has 2 N–H and O–H groups in total. The van der Waals surface area contributed by atoms with E-state index in [-0.39, 0.29) is 30.2 Å². The SMILES string of the molecule is CCS(=O)(=O)NCC(=O)N[C@@H](c1cc(C)sc1C)C(C)C. The maximum atomic E-state index is 12.0. The molecule has 1 aromatic heterocycles. The lowest BCUT2D eigenvalue weighted by Crippen LogP contribution is -2.40. The van der Waals surface area contributed by atoms with Gasteiger partial charge >= 0.3 is 0 Å². The zero-order chi connectivity index (χ0) is 16.2. The van der Waals surface area contributed by atoms with E-state index in [1.54, 1.807) is 11.3 Å². The molecule has 0 saturated carbocycles. The van der Waals surface area contributed by atoms with Crippen LogP contribution in [0.15, 0.2) is 6.07 Å². The molecule has 0 aromatic carbocycles. The van der Waals surface area contributed by atoms with Crippen LogP contribution in [0.3, 0.4) is 0 Å². The Bertz CT molecular complexity index is 591. The fourth-order valence-electron chi connectivity index (χ4n) is 2.06. The van der Waals surface area contributed by atoms with Crippen molar-refractivity contribution in [1.29, 1.82) is 0 Å². The van der Waals surface area contributed by atoms with Crippen molar-refractivity contribution >= 4 is 27.3 Å². The number of aryl methyl sites for hydroxylation is 2. The van der Waals surface area contributed by atoms with Crippen molar-refractivity contribution < 1.29 is 13.2 Å². The quantitative estimate of drug-likeness (QED) is 0.803. The van der Waals surface area contributed by atoms with Gasteiger partial charge in [0.05, 0.1) is 18.3 Å². The summed E-state index contributed by atoms with van der Waals surface area (Å²) in [4.78, 5) is 14.4. The zero-order valence-corrected chi connectivity index (χ0v) is 14.8. The molecule has 0 radical (unpaired) electrons. The lowest BCUT2D eigenvalue weighted by atomic mass is 9.96. The summed E-state index contributed by atoms with van der Waals surface area (Å²) < 4.78 is 25.0. The van der Waals surface area contributed by atoms with Crippen molar-refractivity contribution in [3.63, 3.8) is 0 Å². The van der Waals surface area contributed by atoms with E-state index < -0.39 is 10.0 Å². The second kappa shape index (κ2) is 7.38. The number of sulfonamides is 1. The monoisotopic (exact) mass is 332 g/mol. The lowest BCUT2D eigenvalue weighted by Gasteiger charge is -2.23. The van der Waals surface area contributed by atoms with E-state index in [1.807, 2.05) is 27.7 Å². The van der Waals surface area contributed by atoms with Gasteiger partial charge in [-0.15, -0.1) is 11.3 Å². The van der Waals surface area contributed by atoms with Gasteiger partial charge in [-0.05, 0) is 38.3 Å². The fourth-order valence-corrected chi connectivity index (χ4v) is 3.59. The van der Waals surface area contributed by atoms with E-state index in [0.29, 0.717) is 0 Å². The second-order valence-corrected chi connectivity index (χ2v) is 8.94. The molecule has 5 nitrogen and oxygen atoms in total. The Morgan fingerprint density at radius 3 is 2.38 bits per heavy atom.